The van der Waals surface area contributed by atoms with E-state index in [0.29, 0.717) is 5.56 Å². The van der Waals surface area contributed by atoms with Gasteiger partial charge in [0.15, 0.2) is 0 Å². The molecule has 5 rings (SSSR count). The summed E-state index contributed by atoms with van der Waals surface area (Å²) in [5, 5.41) is 8.01. The van der Waals surface area contributed by atoms with Crippen molar-refractivity contribution >= 4 is 33.6 Å². The number of hydrogen-bond donors (Lipinski definition) is 3. The molecule has 1 saturated heterocycles. The summed E-state index contributed by atoms with van der Waals surface area (Å²) in [6.45, 7) is 0.181. The summed E-state index contributed by atoms with van der Waals surface area (Å²) in [6.07, 6.45) is -2.35. The third-order valence-corrected chi connectivity index (χ3v) is 9.95. The number of urea groups is 1. The summed E-state index contributed by atoms with van der Waals surface area (Å²) in [4.78, 5) is 44.1. The van der Waals surface area contributed by atoms with Crippen molar-refractivity contribution in [2.75, 3.05) is 25.0 Å². The molecule has 1 aliphatic carbocycles. The lowest BCUT2D eigenvalue weighted by atomic mass is 10.0. The number of carbonyl (C=O) groups is 3. The van der Waals surface area contributed by atoms with E-state index in [0.717, 1.165) is 41.4 Å². The number of amides is 4. The quantitative estimate of drug-likeness (QED) is 0.245. The molecule has 0 spiro atoms. The molecule has 0 radical (unpaired) electrons. The van der Waals surface area contributed by atoms with Crippen molar-refractivity contribution in [2.24, 2.45) is 0 Å². The third-order valence-electron chi connectivity index (χ3n) is 8.03. The molecule has 3 N–H and O–H groups in total. The van der Waals surface area contributed by atoms with Gasteiger partial charge in [0, 0.05) is 56.1 Å². The molecule has 1 aliphatic heterocycles. The number of nitrogens with zero attached hydrogens (tertiary/aromatic N) is 3. The van der Waals surface area contributed by atoms with Crippen molar-refractivity contribution in [3.63, 3.8) is 0 Å². The van der Waals surface area contributed by atoms with E-state index >= 15 is 0 Å². The van der Waals surface area contributed by atoms with Gasteiger partial charge in [-0.25, -0.2) is 22.0 Å². The largest absolute Gasteiger partial charge is 0.573 e. The van der Waals surface area contributed by atoms with Crippen molar-refractivity contribution < 1.29 is 49.5 Å². The SMILES string of the molecule is CCC(F)(F)c1ccc(CNC(=O)[C@H]2CN(C(=O)Nc3ccnc(C(=O)NC4CC4)c3)CCN2S(=O)(=O)c2ccc(OC(F)(F)F)cc2)cc1. The molecule has 1 aromatic heterocycles. The number of rotatable bonds is 11. The first-order chi connectivity index (χ1) is 23.6. The number of ether oxygens (including phenoxy) is 1. The molecule has 50 heavy (non-hydrogen) atoms. The van der Waals surface area contributed by atoms with E-state index in [1.807, 2.05) is 0 Å². The lowest BCUT2D eigenvalue weighted by molar-refractivity contribution is -0.274. The van der Waals surface area contributed by atoms with Crippen LogP contribution in [0.4, 0.5) is 32.4 Å². The molecular formula is C32H33F5N6O6S. The number of alkyl halides is 5. The standard InChI is InChI=1S/C32H33F5N6O6S/c1-2-31(33,34)21-5-3-20(4-6-21)18-39-29(45)27-19-42(30(46)41-23-13-14-38-26(17-23)28(44)40-22-7-8-22)15-16-43(27)50(47,48)25-11-9-24(10-12-25)49-32(35,36)37/h3-6,9-14,17,22,27H,2,7-8,15-16,18-19H2,1H3,(H,39,45)(H,40,44)(H,38,41,46)/t27-/m1/s1. The minimum atomic E-state index is -5.00. The topological polar surface area (TPSA) is 150 Å². The summed E-state index contributed by atoms with van der Waals surface area (Å²) in [5.74, 6) is -4.93. The molecule has 4 amide bonds. The fourth-order valence-electron chi connectivity index (χ4n) is 5.10. The van der Waals surface area contributed by atoms with E-state index in [1.54, 1.807) is 0 Å². The Bertz CT molecular complexity index is 1820. The van der Waals surface area contributed by atoms with Gasteiger partial charge in [0.1, 0.15) is 17.5 Å². The molecule has 12 nitrogen and oxygen atoms in total. The fourth-order valence-corrected chi connectivity index (χ4v) is 6.67. The molecule has 1 atom stereocenters. The number of sulfonamides is 1. The zero-order chi connectivity index (χ0) is 36.3. The number of hydrogen-bond acceptors (Lipinski definition) is 7. The van der Waals surface area contributed by atoms with Crippen LogP contribution < -0.4 is 20.7 Å². The average molecular weight is 725 g/mol. The number of nitrogens with one attached hydrogen (secondary N) is 3. The Labute approximate surface area is 284 Å². The molecule has 2 heterocycles. The first kappa shape index (κ1) is 36.4. The highest BCUT2D eigenvalue weighted by Crippen LogP contribution is 2.31. The predicted molar refractivity (Wildman–Crippen MR) is 169 cm³/mol. The summed E-state index contributed by atoms with van der Waals surface area (Å²) in [7, 11) is -4.51. The van der Waals surface area contributed by atoms with Crippen LogP contribution in [-0.2, 0) is 27.3 Å². The average Bonchev–Trinajstić information content (AvgIpc) is 3.90. The third kappa shape index (κ3) is 9.03. The molecule has 2 aliphatic rings. The molecule has 0 unspecified atom stereocenters. The molecule has 268 valence electrons. The number of anilines is 1. The van der Waals surface area contributed by atoms with Gasteiger partial charge in [-0.3, -0.25) is 14.6 Å². The van der Waals surface area contributed by atoms with Crippen LogP contribution in [0.25, 0.3) is 0 Å². The second-order valence-corrected chi connectivity index (χ2v) is 13.6. The van der Waals surface area contributed by atoms with Crippen LogP contribution in [0.1, 0.15) is 47.8 Å². The molecule has 1 saturated carbocycles. The Balaban J connectivity index is 1.33. The Morgan fingerprint density at radius 2 is 1.64 bits per heavy atom. The summed E-state index contributed by atoms with van der Waals surface area (Å²) in [5.41, 5.74) is 0.521. The maximum absolute atomic E-state index is 14.1. The van der Waals surface area contributed by atoms with Gasteiger partial charge >= 0.3 is 12.4 Å². The van der Waals surface area contributed by atoms with E-state index in [4.69, 9.17) is 0 Å². The van der Waals surface area contributed by atoms with Gasteiger partial charge in [0.2, 0.25) is 15.9 Å². The zero-order valence-electron chi connectivity index (χ0n) is 26.5. The van der Waals surface area contributed by atoms with Gasteiger partial charge in [0.05, 0.1) is 4.90 Å². The molecule has 3 aromatic rings. The summed E-state index contributed by atoms with van der Waals surface area (Å²) in [6, 6.07) is 9.36. The zero-order valence-corrected chi connectivity index (χ0v) is 27.4. The van der Waals surface area contributed by atoms with Gasteiger partial charge < -0.3 is 25.6 Å². The normalized spacial score (nSPS) is 17.2. The van der Waals surface area contributed by atoms with Crippen LogP contribution >= 0.6 is 0 Å². The highest BCUT2D eigenvalue weighted by Gasteiger charge is 2.42. The van der Waals surface area contributed by atoms with Gasteiger partial charge in [-0.05, 0) is 54.8 Å². The summed E-state index contributed by atoms with van der Waals surface area (Å²) >= 11 is 0. The first-order valence-corrected chi connectivity index (χ1v) is 16.9. The highest BCUT2D eigenvalue weighted by atomic mass is 32.2. The van der Waals surface area contributed by atoms with E-state index in [1.165, 1.54) is 54.4 Å². The lowest BCUT2D eigenvalue weighted by Crippen LogP contribution is -2.61. The van der Waals surface area contributed by atoms with Crippen LogP contribution in [-0.4, -0.2) is 78.5 Å². The van der Waals surface area contributed by atoms with Crippen LogP contribution in [0, 0.1) is 0 Å². The van der Waals surface area contributed by atoms with Crippen LogP contribution in [0.15, 0.2) is 71.8 Å². The Morgan fingerprint density at radius 3 is 2.26 bits per heavy atom. The Kier molecular flexibility index (Phi) is 10.6. The van der Waals surface area contributed by atoms with E-state index in [9.17, 15) is 44.8 Å². The van der Waals surface area contributed by atoms with E-state index < -0.39 is 69.8 Å². The van der Waals surface area contributed by atoms with Crippen molar-refractivity contribution in [3.05, 3.63) is 83.7 Å². The van der Waals surface area contributed by atoms with Crippen LogP contribution in [0.2, 0.25) is 0 Å². The second kappa shape index (κ2) is 14.6. The van der Waals surface area contributed by atoms with Crippen molar-refractivity contribution in [2.45, 2.75) is 62.0 Å². The molecule has 2 fully saturated rings. The number of pyridine rings is 1. The smallest absolute Gasteiger partial charge is 0.406 e. The van der Waals surface area contributed by atoms with Crippen molar-refractivity contribution in [3.8, 4) is 5.75 Å². The molecular weight excluding hydrogens is 691 g/mol. The monoisotopic (exact) mass is 724 g/mol. The number of benzene rings is 2. The summed E-state index contributed by atoms with van der Waals surface area (Å²) < 4.78 is 98.2. The first-order valence-electron chi connectivity index (χ1n) is 15.5. The van der Waals surface area contributed by atoms with Gasteiger partial charge in [-0.1, -0.05) is 31.2 Å². The molecule has 0 bridgehead atoms. The maximum atomic E-state index is 14.1. The van der Waals surface area contributed by atoms with Gasteiger partial charge in [0.25, 0.3) is 11.8 Å². The van der Waals surface area contributed by atoms with Crippen LogP contribution in [0.3, 0.4) is 0 Å². The Morgan fingerprint density at radius 1 is 0.960 bits per heavy atom. The van der Waals surface area contributed by atoms with Crippen LogP contribution in [0.5, 0.6) is 5.75 Å². The number of aromatic nitrogens is 1. The number of piperazine rings is 1. The minimum Gasteiger partial charge on any atom is -0.406 e. The maximum Gasteiger partial charge on any atom is 0.573 e. The lowest BCUT2D eigenvalue weighted by Gasteiger charge is -2.39. The van der Waals surface area contributed by atoms with E-state index in [2.05, 4.69) is 25.7 Å². The van der Waals surface area contributed by atoms with Crippen molar-refractivity contribution in [1.29, 1.82) is 0 Å². The fraction of sp³-hybridized carbons (Fsp3) is 0.375. The second-order valence-electron chi connectivity index (χ2n) is 11.7. The molecule has 18 heteroatoms. The predicted octanol–water partition coefficient (Wildman–Crippen LogP) is 4.60. The highest BCUT2D eigenvalue weighted by molar-refractivity contribution is 7.89. The number of halogens is 5. The van der Waals surface area contributed by atoms with E-state index in [-0.39, 0.29) is 42.6 Å². The van der Waals surface area contributed by atoms with Crippen molar-refractivity contribution in [1.82, 2.24) is 24.8 Å². The van der Waals surface area contributed by atoms with Gasteiger partial charge in [-0.2, -0.15) is 4.31 Å². The molecule has 2 aromatic carbocycles. The Hall–Kier alpha value is -4.84. The number of carbonyl (C=O) groups excluding carboxylic acids is 3. The minimum absolute atomic E-state index is 0.0703. The van der Waals surface area contributed by atoms with Gasteiger partial charge in [-0.15, -0.1) is 13.2 Å².